The molecular formula is C13H8BrF3N4O. The Hall–Kier alpha value is -2.16. The average molecular weight is 373 g/mol. The molecule has 22 heavy (non-hydrogen) atoms. The fraction of sp³-hybridized carbons (Fsp3) is 0.154. The SMILES string of the molecule is COc1ccc2c(c1)nc(C(F)(F)F)n2-c1cnc(Br)cn1. The monoisotopic (exact) mass is 372 g/mol. The van der Waals surface area contributed by atoms with Gasteiger partial charge in [-0.3, -0.25) is 4.57 Å². The largest absolute Gasteiger partial charge is 0.497 e. The van der Waals surface area contributed by atoms with Crippen molar-refractivity contribution in [2.45, 2.75) is 6.18 Å². The van der Waals surface area contributed by atoms with Gasteiger partial charge in [0.25, 0.3) is 0 Å². The van der Waals surface area contributed by atoms with Crippen molar-refractivity contribution in [3.05, 3.63) is 41.0 Å². The molecule has 9 heteroatoms. The molecule has 0 N–H and O–H groups in total. The molecule has 0 unspecified atom stereocenters. The number of imidazole rings is 1. The zero-order valence-electron chi connectivity index (χ0n) is 11.1. The van der Waals surface area contributed by atoms with E-state index in [0.717, 1.165) is 4.57 Å². The normalized spacial score (nSPS) is 11.9. The summed E-state index contributed by atoms with van der Waals surface area (Å²) < 4.78 is 46.2. The summed E-state index contributed by atoms with van der Waals surface area (Å²) in [6.45, 7) is 0. The van der Waals surface area contributed by atoms with Crippen molar-refractivity contribution < 1.29 is 17.9 Å². The third kappa shape index (κ3) is 2.52. The van der Waals surface area contributed by atoms with E-state index in [9.17, 15) is 13.2 Å². The van der Waals surface area contributed by atoms with Crippen molar-refractivity contribution in [2.24, 2.45) is 0 Å². The minimum Gasteiger partial charge on any atom is -0.497 e. The molecule has 0 radical (unpaired) electrons. The topological polar surface area (TPSA) is 52.8 Å². The van der Waals surface area contributed by atoms with E-state index in [0.29, 0.717) is 10.4 Å². The zero-order valence-corrected chi connectivity index (χ0v) is 12.7. The van der Waals surface area contributed by atoms with Crippen LogP contribution in [-0.4, -0.2) is 26.6 Å². The highest BCUT2D eigenvalue weighted by molar-refractivity contribution is 9.10. The maximum atomic E-state index is 13.3. The maximum absolute atomic E-state index is 13.3. The van der Waals surface area contributed by atoms with Gasteiger partial charge in [0.2, 0.25) is 5.82 Å². The van der Waals surface area contributed by atoms with Gasteiger partial charge >= 0.3 is 6.18 Å². The minimum atomic E-state index is -4.62. The average Bonchev–Trinajstić information content (AvgIpc) is 2.86. The van der Waals surface area contributed by atoms with Crippen LogP contribution in [0.3, 0.4) is 0 Å². The van der Waals surface area contributed by atoms with E-state index in [1.54, 1.807) is 6.07 Å². The van der Waals surface area contributed by atoms with E-state index in [1.165, 1.54) is 31.6 Å². The van der Waals surface area contributed by atoms with Gasteiger partial charge in [-0.1, -0.05) is 0 Å². The summed E-state index contributed by atoms with van der Waals surface area (Å²) in [5, 5.41) is 0. The van der Waals surface area contributed by atoms with Gasteiger partial charge in [0.1, 0.15) is 10.4 Å². The van der Waals surface area contributed by atoms with Gasteiger partial charge in [-0.25, -0.2) is 15.0 Å². The first-order chi connectivity index (χ1) is 10.4. The van der Waals surface area contributed by atoms with Gasteiger partial charge in [0, 0.05) is 6.07 Å². The van der Waals surface area contributed by atoms with Crippen molar-refractivity contribution in [1.82, 2.24) is 19.5 Å². The van der Waals surface area contributed by atoms with Gasteiger partial charge in [0.15, 0.2) is 5.82 Å². The molecule has 2 aromatic heterocycles. The van der Waals surface area contributed by atoms with Crippen LogP contribution in [0.1, 0.15) is 5.82 Å². The number of alkyl halides is 3. The summed E-state index contributed by atoms with van der Waals surface area (Å²) in [5.41, 5.74) is 0.432. The quantitative estimate of drug-likeness (QED) is 0.689. The van der Waals surface area contributed by atoms with Crippen LogP contribution in [-0.2, 0) is 6.18 Å². The number of aromatic nitrogens is 4. The van der Waals surface area contributed by atoms with Gasteiger partial charge < -0.3 is 4.74 Å². The number of fused-ring (bicyclic) bond motifs is 1. The summed E-state index contributed by atoms with van der Waals surface area (Å²) in [5.74, 6) is -0.608. The summed E-state index contributed by atoms with van der Waals surface area (Å²) in [6.07, 6.45) is -2.06. The lowest BCUT2D eigenvalue weighted by Crippen LogP contribution is -2.14. The number of hydrogen-bond donors (Lipinski definition) is 0. The predicted octanol–water partition coefficient (Wildman–Crippen LogP) is 3.61. The van der Waals surface area contributed by atoms with Crippen molar-refractivity contribution in [3.8, 4) is 11.6 Å². The first-order valence-electron chi connectivity index (χ1n) is 6.02. The van der Waals surface area contributed by atoms with Gasteiger partial charge in [-0.05, 0) is 28.1 Å². The zero-order chi connectivity index (χ0) is 15.9. The molecule has 3 rings (SSSR count). The molecular weight excluding hydrogens is 365 g/mol. The number of hydrogen-bond acceptors (Lipinski definition) is 4. The molecule has 0 saturated heterocycles. The lowest BCUT2D eigenvalue weighted by atomic mass is 10.3. The first-order valence-corrected chi connectivity index (χ1v) is 6.81. The van der Waals surface area contributed by atoms with Crippen LogP contribution < -0.4 is 4.74 Å². The van der Waals surface area contributed by atoms with Crippen LogP contribution in [0.5, 0.6) is 5.75 Å². The van der Waals surface area contributed by atoms with Gasteiger partial charge in [0.05, 0.1) is 30.5 Å². The van der Waals surface area contributed by atoms with Crippen molar-refractivity contribution >= 4 is 27.0 Å². The first kappa shape index (κ1) is 14.8. The molecule has 0 spiro atoms. The molecule has 0 atom stereocenters. The Kier molecular flexibility index (Phi) is 3.51. The smallest absolute Gasteiger partial charge is 0.450 e. The molecule has 0 fully saturated rings. The van der Waals surface area contributed by atoms with E-state index >= 15 is 0 Å². The van der Waals surface area contributed by atoms with Crippen LogP contribution in [0.15, 0.2) is 35.2 Å². The molecule has 0 amide bonds. The Morgan fingerprint density at radius 2 is 1.95 bits per heavy atom. The second-order valence-electron chi connectivity index (χ2n) is 4.32. The van der Waals surface area contributed by atoms with Gasteiger partial charge in [-0.15, -0.1) is 0 Å². The highest BCUT2D eigenvalue weighted by Gasteiger charge is 2.38. The van der Waals surface area contributed by atoms with E-state index < -0.39 is 12.0 Å². The number of benzene rings is 1. The second-order valence-corrected chi connectivity index (χ2v) is 5.13. The Morgan fingerprint density at radius 3 is 2.55 bits per heavy atom. The second kappa shape index (κ2) is 5.24. The lowest BCUT2D eigenvalue weighted by Gasteiger charge is -2.10. The number of nitrogens with zero attached hydrogens (tertiary/aromatic N) is 4. The van der Waals surface area contributed by atoms with Crippen molar-refractivity contribution in [2.75, 3.05) is 7.11 Å². The summed E-state index contributed by atoms with van der Waals surface area (Å²) >= 11 is 3.10. The fourth-order valence-corrected chi connectivity index (χ4v) is 2.23. The Balaban J connectivity index is 2.32. The third-order valence-corrected chi connectivity index (χ3v) is 3.36. The molecule has 3 aromatic rings. The highest BCUT2D eigenvalue weighted by atomic mass is 79.9. The van der Waals surface area contributed by atoms with Crippen LogP contribution in [0.4, 0.5) is 13.2 Å². The molecule has 0 aliphatic carbocycles. The maximum Gasteiger partial charge on any atom is 0.450 e. The number of methoxy groups -OCH3 is 1. The van der Waals surface area contributed by atoms with Crippen LogP contribution in [0, 0.1) is 0 Å². The van der Waals surface area contributed by atoms with Crippen molar-refractivity contribution in [3.63, 3.8) is 0 Å². The molecule has 0 aliphatic rings. The molecule has 0 bridgehead atoms. The fourth-order valence-electron chi connectivity index (χ4n) is 2.03. The van der Waals surface area contributed by atoms with Crippen molar-refractivity contribution in [1.29, 1.82) is 0 Å². The van der Waals surface area contributed by atoms with E-state index in [-0.39, 0.29) is 16.9 Å². The summed E-state index contributed by atoms with van der Waals surface area (Å²) in [6, 6.07) is 4.50. The Labute approximate surface area is 130 Å². The Bertz CT molecular complexity index is 830. The van der Waals surface area contributed by atoms with E-state index in [1.807, 2.05) is 0 Å². The summed E-state index contributed by atoms with van der Waals surface area (Å²) in [4.78, 5) is 11.6. The molecule has 5 nitrogen and oxygen atoms in total. The molecule has 114 valence electrons. The number of ether oxygens (including phenoxy) is 1. The van der Waals surface area contributed by atoms with E-state index in [4.69, 9.17) is 4.74 Å². The number of rotatable bonds is 2. The lowest BCUT2D eigenvalue weighted by molar-refractivity contribution is -0.145. The third-order valence-electron chi connectivity index (χ3n) is 2.95. The standard InChI is InChI=1S/C13H8BrF3N4O/c1-22-7-2-3-9-8(4-7)20-12(13(15,16)17)21(9)11-6-18-10(14)5-19-11/h2-6H,1H3. The highest BCUT2D eigenvalue weighted by Crippen LogP contribution is 2.34. The molecule has 2 heterocycles. The molecule has 0 aliphatic heterocycles. The molecule has 0 saturated carbocycles. The predicted molar refractivity (Wildman–Crippen MR) is 75.9 cm³/mol. The van der Waals surface area contributed by atoms with Crippen LogP contribution in [0.25, 0.3) is 16.9 Å². The minimum absolute atomic E-state index is 0.0307. The van der Waals surface area contributed by atoms with Crippen LogP contribution >= 0.6 is 15.9 Å². The molecule has 1 aromatic carbocycles. The van der Waals surface area contributed by atoms with Gasteiger partial charge in [-0.2, -0.15) is 13.2 Å². The van der Waals surface area contributed by atoms with Crippen LogP contribution in [0.2, 0.25) is 0 Å². The summed E-state index contributed by atoms with van der Waals surface area (Å²) in [7, 11) is 1.43. The number of halogens is 4. The van der Waals surface area contributed by atoms with E-state index in [2.05, 4.69) is 30.9 Å². The Morgan fingerprint density at radius 1 is 1.18 bits per heavy atom.